The molecule has 3 heterocycles. The summed E-state index contributed by atoms with van der Waals surface area (Å²) in [7, 11) is 1.60. The van der Waals surface area contributed by atoms with Gasteiger partial charge >= 0.3 is 12.2 Å². The number of hydrogen-bond donors (Lipinski definition) is 2. The van der Waals surface area contributed by atoms with Gasteiger partial charge in [0.25, 0.3) is 11.4 Å². The zero-order chi connectivity index (χ0) is 56.1. The van der Waals surface area contributed by atoms with E-state index in [0.717, 1.165) is 73.6 Å². The Morgan fingerprint density at radius 1 is 0.662 bits per heavy atom. The van der Waals surface area contributed by atoms with Crippen molar-refractivity contribution in [3.63, 3.8) is 0 Å². The zero-order valence-corrected chi connectivity index (χ0v) is 44.4. The van der Waals surface area contributed by atoms with Crippen LogP contribution in [0.25, 0.3) is 11.2 Å². The molecule has 21 heteroatoms. The number of hydrogen-bond acceptors (Lipinski definition) is 17. The molecule has 21 nitrogen and oxygen atoms in total. The Hall–Kier alpha value is -8.37. The molecule has 4 atom stereocenters. The van der Waals surface area contributed by atoms with Gasteiger partial charge in [0.1, 0.15) is 29.9 Å². The molecule has 0 saturated carbocycles. The minimum atomic E-state index is -1.22. The number of aromatic nitrogens is 4. The Labute approximate surface area is 462 Å². The molecular weight excluding hydrogens is 1030 g/mol. The lowest BCUT2D eigenvalue weighted by Gasteiger charge is -2.37. The second-order valence-corrected chi connectivity index (χ2v) is 19.1. The fourth-order valence-corrected chi connectivity index (χ4v) is 9.68. The van der Waals surface area contributed by atoms with Gasteiger partial charge in [0, 0.05) is 50.3 Å². The molecular formula is C59H65N7O14. The van der Waals surface area contributed by atoms with Gasteiger partial charge < -0.3 is 38.3 Å². The number of non-ortho nitro benzene ring substituents is 2. The van der Waals surface area contributed by atoms with Crippen molar-refractivity contribution < 1.29 is 57.7 Å². The molecule has 2 N–H and O–H groups in total. The van der Waals surface area contributed by atoms with E-state index >= 15 is 0 Å². The van der Waals surface area contributed by atoms with Crippen LogP contribution < -0.4 is 10.1 Å². The summed E-state index contributed by atoms with van der Waals surface area (Å²) in [5.74, 6) is 0.672. The summed E-state index contributed by atoms with van der Waals surface area (Å²) in [6.07, 6.45) is 5.77. The standard InChI is InChI=1S/C59H65N7O14/c1-74-49-31-25-46(26-32-49)59(44-17-11-9-12-18-44,45-19-13-10-14-20-45)78-39-50-52(75-36-16-8-6-4-2-3-5-7-15-35-67)53(80-58(69)77-38-34-43-23-29-48(30-24-43)66(72)73)56(79-50)64-41-62-51-54(60-40-61-55(51)64)63-57(68)76-37-33-42-21-27-47(28-22-42)65(70)71/h9-14,17-32,40-41,50,52-53,56,67H,2-8,15-16,33-39H2,1H3,(H,60,61,63,68)/t50-,52-,53-,56-/m1/s1. The second-order valence-electron chi connectivity index (χ2n) is 19.1. The minimum absolute atomic E-state index is 0.0167. The molecule has 420 valence electrons. The Bertz CT molecular complexity index is 3040. The van der Waals surface area contributed by atoms with Gasteiger partial charge in [-0.05, 0) is 52.8 Å². The van der Waals surface area contributed by atoms with E-state index in [1.165, 1.54) is 36.9 Å². The molecule has 0 bridgehead atoms. The highest BCUT2D eigenvalue weighted by Crippen LogP contribution is 2.43. The number of nitrogens with one attached hydrogen (secondary N) is 1. The summed E-state index contributed by atoms with van der Waals surface area (Å²) in [5.41, 5.74) is 2.87. The molecule has 1 aliphatic heterocycles. The largest absolute Gasteiger partial charge is 0.508 e. The Morgan fingerprint density at radius 2 is 1.21 bits per heavy atom. The summed E-state index contributed by atoms with van der Waals surface area (Å²) < 4.78 is 45.7. The van der Waals surface area contributed by atoms with E-state index in [9.17, 15) is 29.8 Å². The number of aliphatic hydroxyl groups is 1. The van der Waals surface area contributed by atoms with Crippen molar-refractivity contribution in [2.24, 2.45) is 0 Å². The van der Waals surface area contributed by atoms with E-state index in [4.69, 9.17) is 38.3 Å². The molecule has 2 aromatic heterocycles. The summed E-state index contributed by atoms with van der Waals surface area (Å²) in [6.45, 7) is 0.214. The maximum atomic E-state index is 14.0. The highest BCUT2D eigenvalue weighted by molar-refractivity contribution is 5.93. The third-order valence-corrected chi connectivity index (χ3v) is 13.8. The number of carbonyl (C=O) groups is 2. The molecule has 0 aliphatic carbocycles. The molecule has 0 radical (unpaired) electrons. The Kier molecular flexibility index (Phi) is 21.0. The number of unbranched alkanes of at least 4 members (excludes halogenated alkanes) is 8. The molecule has 1 saturated heterocycles. The number of nitro groups is 2. The number of methoxy groups -OCH3 is 1. The predicted octanol–water partition coefficient (Wildman–Crippen LogP) is 11.0. The number of fused-ring (bicyclic) bond motifs is 1. The number of ether oxygens (including phenoxy) is 7. The first kappa shape index (κ1) is 57.8. The number of nitro benzene ring substituents is 2. The summed E-state index contributed by atoms with van der Waals surface area (Å²) in [5, 5.41) is 34.2. The normalized spacial score (nSPS) is 16.0. The molecule has 1 aliphatic rings. The number of anilines is 1. The van der Waals surface area contributed by atoms with Crippen molar-refractivity contribution in [2.45, 2.75) is 101 Å². The van der Waals surface area contributed by atoms with E-state index in [1.807, 2.05) is 84.9 Å². The molecule has 0 unspecified atom stereocenters. The van der Waals surface area contributed by atoms with E-state index < -0.39 is 52.2 Å². The van der Waals surface area contributed by atoms with E-state index in [1.54, 1.807) is 35.9 Å². The number of nitrogens with zero attached hydrogens (tertiary/aromatic N) is 6. The van der Waals surface area contributed by atoms with Gasteiger partial charge in [-0.15, -0.1) is 0 Å². The first-order valence-electron chi connectivity index (χ1n) is 26.8. The fourth-order valence-electron chi connectivity index (χ4n) is 9.68. The van der Waals surface area contributed by atoms with Crippen molar-refractivity contribution in [2.75, 3.05) is 45.5 Å². The summed E-state index contributed by atoms with van der Waals surface area (Å²) >= 11 is 0. The first-order valence-corrected chi connectivity index (χ1v) is 26.8. The average molecular weight is 1100 g/mol. The number of benzene rings is 5. The Morgan fingerprint density at radius 3 is 1.77 bits per heavy atom. The van der Waals surface area contributed by atoms with Gasteiger partial charge in [-0.3, -0.25) is 30.1 Å². The van der Waals surface area contributed by atoms with Crippen molar-refractivity contribution in [1.82, 2.24) is 19.5 Å². The predicted molar refractivity (Wildman–Crippen MR) is 294 cm³/mol. The van der Waals surface area contributed by atoms with Gasteiger partial charge in [0.15, 0.2) is 29.3 Å². The van der Waals surface area contributed by atoms with Crippen molar-refractivity contribution in [3.8, 4) is 5.75 Å². The van der Waals surface area contributed by atoms with Crippen LogP contribution in [0.15, 0.2) is 146 Å². The Balaban J connectivity index is 1.09. The van der Waals surface area contributed by atoms with Crippen LogP contribution in [0.4, 0.5) is 26.8 Å². The van der Waals surface area contributed by atoms with Crippen LogP contribution in [0, 0.1) is 20.2 Å². The van der Waals surface area contributed by atoms with Gasteiger partial charge in [0.2, 0.25) is 0 Å². The number of aliphatic hydroxyl groups excluding tert-OH is 1. The van der Waals surface area contributed by atoms with Gasteiger partial charge in [-0.1, -0.05) is 142 Å². The SMILES string of the molecule is COc1ccc(C(OC[C@H]2O[C@@H](n3cnc4c(NC(=O)OCCc5ccc([N+](=O)[O-])cc5)ncnc43)[C@H](OC(=O)OCCc3ccc([N+](=O)[O-])cc3)[C@@H]2OCCCCCCCCCCCO)(c2ccccc2)c2ccccc2)cc1. The van der Waals surface area contributed by atoms with Crippen LogP contribution in [0.5, 0.6) is 5.75 Å². The highest BCUT2D eigenvalue weighted by Gasteiger charge is 2.51. The lowest BCUT2D eigenvalue weighted by molar-refractivity contribution is -0.385. The molecule has 7 aromatic rings. The topological polar surface area (TPSA) is 261 Å². The van der Waals surface area contributed by atoms with E-state index in [-0.39, 0.29) is 74.2 Å². The van der Waals surface area contributed by atoms with Gasteiger partial charge in [0.05, 0.1) is 43.1 Å². The maximum Gasteiger partial charge on any atom is 0.508 e. The number of amides is 1. The monoisotopic (exact) mass is 1100 g/mol. The third-order valence-electron chi connectivity index (χ3n) is 13.8. The molecule has 1 fully saturated rings. The molecule has 0 spiro atoms. The molecule has 8 rings (SSSR count). The number of carbonyl (C=O) groups excluding carboxylic acids is 2. The summed E-state index contributed by atoms with van der Waals surface area (Å²) in [4.78, 5) is 62.0. The third kappa shape index (κ3) is 15.0. The van der Waals surface area contributed by atoms with Gasteiger partial charge in [-0.2, -0.15) is 0 Å². The van der Waals surface area contributed by atoms with Crippen molar-refractivity contribution >= 4 is 40.6 Å². The van der Waals surface area contributed by atoms with Crippen molar-refractivity contribution in [1.29, 1.82) is 0 Å². The minimum Gasteiger partial charge on any atom is -0.497 e. The van der Waals surface area contributed by atoms with Crippen LogP contribution in [0.3, 0.4) is 0 Å². The van der Waals surface area contributed by atoms with Crippen LogP contribution in [0.1, 0.15) is 91.8 Å². The molecule has 80 heavy (non-hydrogen) atoms. The number of rotatable bonds is 30. The quantitative estimate of drug-likeness (QED) is 0.0139. The number of imidazole rings is 1. The lowest BCUT2D eigenvalue weighted by atomic mass is 9.80. The zero-order valence-electron chi connectivity index (χ0n) is 44.4. The summed E-state index contributed by atoms with van der Waals surface area (Å²) in [6, 6.07) is 39.2. The molecule has 5 aromatic carbocycles. The highest BCUT2D eigenvalue weighted by atomic mass is 16.7. The smallest absolute Gasteiger partial charge is 0.497 e. The lowest BCUT2D eigenvalue weighted by Crippen LogP contribution is -2.42. The van der Waals surface area contributed by atoms with E-state index in [0.29, 0.717) is 17.7 Å². The van der Waals surface area contributed by atoms with Crippen molar-refractivity contribution in [3.05, 3.63) is 194 Å². The fraction of sp³-hybridized carbons (Fsp3) is 0.373. The second kappa shape index (κ2) is 29.0. The van der Waals surface area contributed by atoms with Crippen LogP contribution >= 0.6 is 0 Å². The molecule has 1 amide bonds. The first-order chi connectivity index (χ1) is 39.1. The van der Waals surface area contributed by atoms with Crippen LogP contribution in [-0.4, -0.2) is 105 Å². The maximum absolute atomic E-state index is 14.0. The average Bonchev–Trinajstić information content (AvgIpc) is 4.21. The van der Waals surface area contributed by atoms with Crippen LogP contribution in [-0.2, 0) is 46.9 Å². The van der Waals surface area contributed by atoms with E-state index in [2.05, 4.69) is 20.3 Å². The van der Waals surface area contributed by atoms with Crippen LogP contribution in [0.2, 0.25) is 0 Å². The van der Waals surface area contributed by atoms with Gasteiger partial charge in [-0.25, -0.2) is 24.5 Å².